The van der Waals surface area contributed by atoms with E-state index in [0.717, 1.165) is 25.0 Å². The van der Waals surface area contributed by atoms with Gasteiger partial charge in [-0.1, -0.05) is 18.2 Å². The molecule has 17 heavy (non-hydrogen) atoms. The molecule has 2 aliphatic rings. The Morgan fingerprint density at radius 3 is 3.24 bits per heavy atom. The molecule has 3 nitrogen and oxygen atoms in total. The number of allylic oxidation sites excluding steroid dienone is 4. The number of carbonyl (C=O) groups is 1. The third-order valence-electron chi connectivity index (χ3n) is 3.21. The van der Waals surface area contributed by atoms with E-state index in [1.807, 2.05) is 11.8 Å². The molecule has 1 heterocycles. The molecule has 3 N–H and O–H groups in total. The molecule has 0 spiro atoms. The summed E-state index contributed by atoms with van der Waals surface area (Å²) >= 11 is 1.87. The molecule has 92 valence electrons. The van der Waals surface area contributed by atoms with E-state index in [9.17, 15) is 4.79 Å². The number of nitrogens with one attached hydrogen (secondary N) is 1. The zero-order valence-electron chi connectivity index (χ0n) is 9.87. The Bertz CT molecular complexity index is 398. The average molecular weight is 250 g/mol. The molecule has 1 atom stereocenters. The zero-order valence-corrected chi connectivity index (χ0v) is 10.7. The molecule has 0 aromatic rings. The minimum atomic E-state index is -0.512. The Hall–Kier alpha value is -1.16. The number of thioether (sulfide) groups is 1. The fraction of sp³-hybridized carbons (Fsp3) is 0.462. The highest BCUT2D eigenvalue weighted by molar-refractivity contribution is 8.05. The maximum atomic E-state index is 10.7. The minimum Gasteiger partial charge on any atom is -0.351 e. The molecule has 1 unspecified atom stereocenters. The number of amides is 2. The van der Waals surface area contributed by atoms with E-state index in [1.165, 1.54) is 12.8 Å². The van der Waals surface area contributed by atoms with Crippen LogP contribution in [0.15, 0.2) is 34.2 Å². The molecule has 0 bridgehead atoms. The van der Waals surface area contributed by atoms with Crippen molar-refractivity contribution in [1.29, 1.82) is 0 Å². The molecule has 0 aromatic carbocycles. The molecule has 0 saturated carbocycles. The van der Waals surface area contributed by atoms with Gasteiger partial charge in [-0.25, -0.2) is 4.79 Å². The fourth-order valence-electron chi connectivity index (χ4n) is 2.48. The summed E-state index contributed by atoms with van der Waals surface area (Å²) in [5.74, 6) is 0.597. The number of hydrogen-bond acceptors (Lipinski definition) is 2. The number of hydrogen-bond donors (Lipinski definition) is 2. The summed E-state index contributed by atoms with van der Waals surface area (Å²) in [6.07, 6.45) is 7.63. The van der Waals surface area contributed by atoms with Crippen molar-refractivity contribution in [3.63, 3.8) is 0 Å². The summed E-state index contributed by atoms with van der Waals surface area (Å²) in [6.45, 7) is 3.85. The number of urea groups is 1. The SMILES string of the molecule is C=C(CC1CCC2=C(CC=CS2)C1)NC(N)=O. The summed E-state index contributed by atoms with van der Waals surface area (Å²) in [7, 11) is 0. The van der Waals surface area contributed by atoms with E-state index < -0.39 is 6.03 Å². The quantitative estimate of drug-likeness (QED) is 0.807. The summed E-state index contributed by atoms with van der Waals surface area (Å²) in [5, 5.41) is 4.76. The van der Waals surface area contributed by atoms with Crippen molar-refractivity contribution in [2.45, 2.75) is 32.1 Å². The minimum absolute atomic E-state index is 0.512. The first-order chi connectivity index (χ1) is 8.15. The Labute approximate surface area is 106 Å². The van der Waals surface area contributed by atoms with Gasteiger partial charge in [0.05, 0.1) is 0 Å². The monoisotopic (exact) mass is 250 g/mol. The lowest BCUT2D eigenvalue weighted by Gasteiger charge is -2.28. The lowest BCUT2D eigenvalue weighted by atomic mass is 9.84. The van der Waals surface area contributed by atoms with Gasteiger partial charge in [0, 0.05) is 5.70 Å². The second kappa shape index (κ2) is 5.45. The van der Waals surface area contributed by atoms with Gasteiger partial charge in [0.25, 0.3) is 0 Å². The van der Waals surface area contributed by atoms with Crippen LogP contribution in [0.3, 0.4) is 0 Å². The van der Waals surface area contributed by atoms with E-state index in [2.05, 4.69) is 23.4 Å². The predicted octanol–water partition coefficient (Wildman–Crippen LogP) is 3.26. The Morgan fingerprint density at radius 1 is 1.65 bits per heavy atom. The van der Waals surface area contributed by atoms with E-state index in [1.54, 1.807) is 10.5 Å². The summed E-state index contributed by atoms with van der Waals surface area (Å²) in [5.41, 5.74) is 7.38. The average Bonchev–Trinajstić information content (AvgIpc) is 2.27. The molecule has 0 radical (unpaired) electrons. The van der Waals surface area contributed by atoms with Gasteiger partial charge in [-0.05, 0) is 48.3 Å². The van der Waals surface area contributed by atoms with Crippen LogP contribution >= 0.6 is 11.8 Å². The predicted molar refractivity (Wildman–Crippen MR) is 72.2 cm³/mol. The molecule has 0 fully saturated rings. The lowest BCUT2D eigenvalue weighted by Crippen LogP contribution is -2.29. The topological polar surface area (TPSA) is 55.1 Å². The van der Waals surface area contributed by atoms with Crippen molar-refractivity contribution in [2.75, 3.05) is 0 Å². The fourth-order valence-corrected chi connectivity index (χ4v) is 3.41. The third kappa shape index (κ3) is 3.40. The van der Waals surface area contributed by atoms with Crippen molar-refractivity contribution >= 4 is 17.8 Å². The van der Waals surface area contributed by atoms with Crippen LogP contribution in [0.2, 0.25) is 0 Å². The van der Waals surface area contributed by atoms with Crippen molar-refractivity contribution in [3.8, 4) is 0 Å². The highest BCUT2D eigenvalue weighted by Crippen LogP contribution is 2.41. The first-order valence-corrected chi connectivity index (χ1v) is 6.80. The highest BCUT2D eigenvalue weighted by atomic mass is 32.2. The summed E-state index contributed by atoms with van der Waals surface area (Å²) in [6, 6.07) is -0.512. The molecular formula is C13H18N2OS. The molecular weight excluding hydrogens is 232 g/mol. The standard InChI is InChI=1S/C13H18N2OS/c1-9(15-13(14)16)7-10-4-5-12-11(8-10)3-2-6-17-12/h2,6,10H,1,3-5,7-8H2,(H3,14,15,16). The van der Waals surface area contributed by atoms with Crippen LogP contribution in [-0.4, -0.2) is 6.03 Å². The van der Waals surface area contributed by atoms with Crippen LogP contribution in [0.25, 0.3) is 0 Å². The Kier molecular flexibility index (Phi) is 3.94. The van der Waals surface area contributed by atoms with Gasteiger partial charge in [0.1, 0.15) is 0 Å². The third-order valence-corrected chi connectivity index (χ3v) is 4.32. The van der Waals surface area contributed by atoms with Crippen LogP contribution < -0.4 is 11.1 Å². The maximum absolute atomic E-state index is 10.7. The zero-order chi connectivity index (χ0) is 12.3. The lowest BCUT2D eigenvalue weighted by molar-refractivity contribution is 0.250. The van der Waals surface area contributed by atoms with Gasteiger partial charge in [0.15, 0.2) is 0 Å². The molecule has 0 aromatic heterocycles. The molecule has 1 aliphatic carbocycles. The number of primary amides is 1. The van der Waals surface area contributed by atoms with Gasteiger partial charge in [-0.15, -0.1) is 11.8 Å². The first kappa shape index (κ1) is 12.3. The van der Waals surface area contributed by atoms with E-state index in [4.69, 9.17) is 5.73 Å². The van der Waals surface area contributed by atoms with Gasteiger partial charge in [-0.2, -0.15) is 0 Å². The molecule has 0 saturated heterocycles. The number of nitrogens with two attached hydrogens (primary N) is 1. The normalized spacial score (nSPS) is 23.2. The van der Waals surface area contributed by atoms with Crippen molar-refractivity contribution in [3.05, 3.63) is 34.2 Å². The van der Waals surface area contributed by atoms with Gasteiger partial charge in [-0.3, -0.25) is 0 Å². The van der Waals surface area contributed by atoms with E-state index >= 15 is 0 Å². The second-order valence-electron chi connectivity index (χ2n) is 4.63. The molecule has 1 aliphatic heterocycles. The van der Waals surface area contributed by atoms with Crippen LogP contribution in [0.4, 0.5) is 4.79 Å². The Balaban J connectivity index is 1.87. The smallest absolute Gasteiger partial charge is 0.316 e. The van der Waals surface area contributed by atoms with Gasteiger partial charge >= 0.3 is 6.03 Å². The second-order valence-corrected chi connectivity index (χ2v) is 5.63. The summed E-state index contributed by atoms with van der Waals surface area (Å²) in [4.78, 5) is 12.3. The molecule has 2 rings (SSSR count). The largest absolute Gasteiger partial charge is 0.351 e. The van der Waals surface area contributed by atoms with Crippen LogP contribution in [-0.2, 0) is 0 Å². The molecule has 2 amide bonds. The van der Waals surface area contributed by atoms with E-state index in [-0.39, 0.29) is 0 Å². The highest BCUT2D eigenvalue weighted by Gasteiger charge is 2.22. The molecule has 4 heteroatoms. The van der Waals surface area contributed by atoms with Crippen LogP contribution in [0.1, 0.15) is 32.1 Å². The van der Waals surface area contributed by atoms with Gasteiger partial charge < -0.3 is 11.1 Å². The Morgan fingerprint density at radius 2 is 2.47 bits per heavy atom. The maximum Gasteiger partial charge on any atom is 0.316 e. The van der Waals surface area contributed by atoms with Crippen LogP contribution in [0.5, 0.6) is 0 Å². The number of rotatable bonds is 3. The number of carbonyl (C=O) groups excluding carboxylic acids is 1. The van der Waals surface area contributed by atoms with Gasteiger partial charge in [0.2, 0.25) is 0 Å². The van der Waals surface area contributed by atoms with Crippen molar-refractivity contribution in [1.82, 2.24) is 5.32 Å². The van der Waals surface area contributed by atoms with Crippen molar-refractivity contribution in [2.24, 2.45) is 11.7 Å². The first-order valence-electron chi connectivity index (χ1n) is 5.92. The van der Waals surface area contributed by atoms with Crippen molar-refractivity contribution < 1.29 is 4.79 Å². The van der Waals surface area contributed by atoms with E-state index in [0.29, 0.717) is 5.92 Å². The summed E-state index contributed by atoms with van der Waals surface area (Å²) < 4.78 is 0. The van der Waals surface area contributed by atoms with Crippen LogP contribution in [0, 0.1) is 5.92 Å².